The molecule has 0 atom stereocenters. The Morgan fingerprint density at radius 2 is 2.25 bits per heavy atom. The van der Waals surface area contributed by atoms with Crippen molar-refractivity contribution in [3.05, 3.63) is 46.4 Å². The molecule has 0 spiro atoms. The van der Waals surface area contributed by atoms with Crippen molar-refractivity contribution in [3.8, 4) is 17.1 Å². The highest BCUT2D eigenvalue weighted by Crippen LogP contribution is 2.18. The number of hydrogen-bond acceptors (Lipinski definition) is 5. The topological polar surface area (TPSA) is 87.2 Å². The molecule has 6 heteroatoms. The van der Waals surface area contributed by atoms with E-state index in [1.165, 1.54) is 6.07 Å². The van der Waals surface area contributed by atoms with Crippen LogP contribution in [0, 0.1) is 0 Å². The summed E-state index contributed by atoms with van der Waals surface area (Å²) in [5.41, 5.74) is 1.09. The first-order valence-corrected chi connectivity index (χ1v) is 6.28. The zero-order valence-corrected chi connectivity index (χ0v) is 11.2. The van der Waals surface area contributed by atoms with Gasteiger partial charge in [-0.05, 0) is 12.1 Å². The summed E-state index contributed by atoms with van der Waals surface area (Å²) in [6.07, 6.45) is 0. The van der Waals surface area contributed by atoms with E-state index in [1.54, 1.807) is 31.4 Å². The van der Waals surface area contributed by atoms with E-state index in [9.17, 15) is 9.90 Å². The first-order valence-electron chi connectivity index (χ1n) is 6.28. The van der Waals surface area contributed by atoms with Gasteiger partial charge in [0, 0.05) is 31.8 Å². The molecule has 0 unspecified atom stereocenters. The first-order chi connectivity index (χ1) is 9.69. The number of phenols is 1. The Hall–Kier alpha value is -2.18. The van der Waals surface area contributed by atoms with E-state index in [2.05, 4.69) is 15.3 Å². The molecule has 0 saturated carbocycles. The van der Waals surface area contributed by atoms with E-state index in [0.717, 1.165) is 0 Å². The van der Waals surface area contributed by atoms with Gasteiger partial charge in [0.25, 0.3) is 5.56 Å². The molecule has 1 heterocycles. The molecule has 20 heavy (non-hydrogen) atoms. The number of aromatic hydroxyl groups is 1. The standard InChI is InChI=1S/C14H17N3O3/c1-20-6-5-15-9-11-8-13(19)17-14(16-11)10-3-2-4-12(18)7-10/h2-4,7-8,15,18H,5-6,9H2,1H3,(H,16,17,19). The van der Waals surface area contributed by atoms with Gasteiger partial charge in [-0.25, -0.2) is 4.98 Å². The minimum atomic E-state index is -0.220. The van der Waals surface area contributed by atoms with Crippen molar-refractivity contribution in [2.24, 2.45) is 0 Å². The van der Waals surface area contributed by atoms with Crippen molar-refractivity contribution in [3.63, 3.8) is 0 Å². The number of methoxy groups -OCH3 is 1. The van der Waals surface area contributed by atoms with Crippen molar-refractivity contribution in [2.75, 3.05) is 20.3 Å². The van der Waals surface area contributed by atoms with Crippen LogP contribution in [-0.2, 0) is 11.3 Å². The largest absolute Gasteiger partial charge is 0.508 e. The molecule has 0 aliphatic heterocycles. The maximum Gasteiger partial charge on any atom is 0.251 e. The highest BCUT2D eigenvalue weighted by Gasteiger charge is 2.04. The summed E-state index contributed by atoms with van der Waals surface area (Å²) in [7, 11) is 1.63. The molecule has 106 valence electrons. The molecule has 0 saturated heterocycles. The molecule has 0 radical (unpaired) electrons. The molecular weight excluding hydrogens is 258 g/mol. The SMILES string of the molecule is COCCNCc1cc(=O)[nH]c(-c2cccc(O)c2)n1. The Labute approximate surface area is 116 Å². The van der Waals surface area contributed by atoms with Crippen molar-refractivity contribution in [2.45, 2.75) is 6.54 Å². The third kappa shape index (κ3) is 3.91. The van der Waals surface area contributed by atoms with Crippen LogP contribution in [0.5, 0.6) is 5.75 Å². The third-order valence-corrected chi connectivity index (χ3v) is 2.70. The van der Waals surface area contributed by atoms with Crippen LogP contribution in [0.4, 0.5) is 0 Å². The first kappa shape index (κ1) is 14.2. The molecule has 0 aliphatic rings. The lowest BCUT2D eigenvalue weighted by Crippen LogP contribution is -2.21. The average molecular weight is 275 g/mol. The van der Waals surface area contributed by atoms with Gasteiger partial charge < -0.3 is 20.1 Å². The van der Waals surface area contributed by atoms with Gasteiger partial charge in [0.15, 0.2) is 0 Å². The van der Waals surface area contributed by atoms with Crippen LogP contribution in [0.15, 0.2) is 35.1 Å². The predicted octanol–water partition coefficient (Wildman–Crippen LogP) is 0.878. The summed E-state index contributed by atoms with van der Waals surface area (Å²) in [5.74, 6) is 0.575. The quantitative estimate of drug-likeness (QED) is 0.681. The van der Waals surface area contributed by atoms with Crippen molar-refractivity contribution in [1.29, 1.82) is 0 Å². The van der Waals surface area contributed by atoms with Gasteiger partial charge in [0.05, 0.1) is 12.3 Å². The predicted molar refractivity (Wildman–Crippen MR) is 75.5 cm³/mol. The van der Waals surface area contributed by atoms with Crippen LogP contribution in [0.1, 0.15) is 5.69 Å². The second-order valence-electron chi connectivity index (χ2n) is 4.31. The molecule has 0 amide bonds. The lowest BCUT2D eigenvalue weighted by atomic mass is 10.2. The van der Waals surface area contributed by atoms with Gasteiger partial charge in [-0.15, -0.1) is 0 Å². The van der Waals surface area contributed by atoms with Gasteiger partial charge in [-0.2, -0.15) is 0 Å². The fourth-order valence-electron chi connectivity index (χ4n) is 1.78. The fraction of sp³-hybridized carbons (Fsp3) is 0.286. The summed E-state index contributed by atoms with van der Waals surface area (Å²) >= 11 is 0. The van der Waals surface area contributed by atoms with E-state index < -0.39 is 0 Å². The van der Waals surface area contributed by atoms with E-state index >= 15 is 0 Å². The van der Waals surface area contributed by atoms with Crippen LogP contribution in [0.2, 0.25) is 0 Å². The molecular formula is C14H17N3O3. The molecule has 1 aromatic heterocycles. The minimum absolute atomic E-state index is 0.133. The van der Waals surface area contributed by atoms with E-state index in [-0.39, 0.29) is 11.3 Å². The van der Waals surface area contributed by atoms with Crippen molar-refractivity contribution < 1.29 is 9.84 Å². The lowest BCUT2D eigenvalue weighted by molar-refractivity contribution is 0.199. The number of benzene rings is 1. The third-order valence-electron chi connectivity index (χ3n) is 2.70. The number of nitrogens with one attached hydrogen (secondary N) is 2. The number of nitrogens with zero attached hydrogens (tertiary/aromatic N) is 1. The number of ether oxygens (including phenoxy) is 1. The lowest BCUT2D eigenvalue weighted by Gasteiger charge is -2.06. The summed E-state index contributed by atoms with van der Waals surface area (Å²) in [5, 5.41) is 12.6. The van der Waals surface area contributed by atoms with Crippen molar-refractivity contribution in [1.82, 2.24) is 15.3 Å². The van der Waals surface area contributed by atoms with Crippen molar-refractivity contribution >= 4 is 0 Å². The van der Waals surface area contributed by atoms with Crippen LogP contribution in [0.25, 0.3) is 11.4 Å². The number of aromatic amines is 1. The Balaban J connectivity index is 2.18. The smallest absolute Gasteiger partial charge is 0.251 e. The van der Waals surface area contributed by atoms with E-state index in [0.29, 0.717) is 36.8 Å². The number of phenolic OH excluding ortho intramolecular Hbond substituents is 1. The zero-order chi connectivity index (χ0) is 14.4. The number of hydrogen-bond donors (Lipinski definition) is 3. The Morgan fingerprint density at radius 1 is 1.40 bits per heavy atom. The molecule has 0 aliphatic carbocycles. The Bertz CT molecular complexity index is 625. The van der Waals surface area contributed by atoms with Crippen LogP contribution in [0.3, 0.4) is 0 Å². The fourth-order valence-corrected chi connectivity index (χ4v) is 1.78. The summed E-state index contributed by atoms with van der Waals surface area (Å²) in [4.78, 5) is 18.7. The van der Waals surface area contributed by atoms with Gasteiger partial charge in [-0.3, -0.25) is 4.79 Å². The number of rotatable bonds is 6. The molecule has 6 nitrogen and oxygen atoms in total. The summed E-state index contributed by atoms with van der Waals surface area (Å²) in [6.45, 7) is 1.77. The zero-order valence-electron chi connectivity index (χ0n) is 11.2. The van der Waals surface area contributed by atoms with Gasteiger partial charge in [0.2, 0.25) is 0 Å². The molecule has 0 fully saturated rings. The molecule has 2 rings (SSSR count). The summed E-state index contributed by atoms with van der Waals surface area (Å²) in [6, 6.07) is 8.05. The van der Waals surface area contributed by atoms with Crippen LogP contribution >= 0.6 is 0 Å². The maximum atomic E-state index is 11.6. The average Bonchev–Trinajstić information content (AvgIpc) is 2.43. The Kier molecular flexibility index (Phi) is 4.86. The van der Waals surface area contributed by atoms with Gasteiger partial charge in [0.1, 0.15) is 11.6 Å². The minimum Gasteiger partial charge on any atom is -0.508 e. The van der Waals surface area contributed by atoms with E-state index in [1.807, 2.05) is 0 Å². The second kappa shape index (κ2) is 6.83. The highest BCUT2D eigenvalue weighted by atomic mass is 16.5. The number of aromatic nitrogens is 2. The van der Waals surface area contributed by atoms with E-state index in [4.69, 9.17) is 4.74 Å². The van der Waals surface area contributed by atoms with Gasteiger partial charge >= 0.3 is 0 Å². The molecule has 2 aromatic rings. The summed E-state index contributed by atoms with van der Waals surface area (Å²) < 4.78 is 4.93. The van der Waals surface area contributed by atoms with Gasteiger partial charge in [-0.1, -0.05) is 12.1 Å². The highest BCUT2D eigenvalue weighted by molar-refractivity contribution is 5.57. The van der Waals surface area contributed by atoms with Crippen LogP contribution in [-0.4, -0.2) is 35.3 Å². The number of H-pyrrole nitrogens is 1. The second-order valence-corrected chi connectivity index (χ2v) is 4.31. The Morgan fingerprint density at radius 3 is 3.00 bits per heavy atom. The van der Waals surface area contributed by atoms with Crippen LogP contribution < -0.4 is 10.9 Å². The molecule has 3 N–H and O–H groups in total. The molecule has 0 bridgehead atoms. The maximum absolute atomic E-state index is 11.6. The molecule has 1 aromatic carbocycles. The monoisotopic (exact) mass is 275 g/mol. The normalized spacial score (nSPS) is 10.7.